The Morgan fingerprint density at radius 3 is 0.780 bits per heavy atom. The zero-order valence-corrected chi connectivity index (χ0v) is 61.3. The maximum Gasteiger partial charge on any atom is 0.472 e. The number of aliphatic hydroxyl groups is 1. The molecule has 0 aliphatic carbocycles. The van der Waals surface area contributed by atoms with Gasteiger partial charge in [-0.05, 0) is 49.4 Å². The summed E-state index contributed by atoms with van der Waals surface area (Å²) in [6.45, 7) is 14.1. The number of carbonyl (C=O) groups is 4. The van der Waals surface area contributed by atoms with Gasteiger partial charge < -0.3 is 33.8 Å². The first kappa shape index (κ1) is 89.1. The third kappa shape index (κ3) is 65.1. The van der Waals surface area contributed by atoms with Gasteiger partial charge in [0.2, 0.25) is 0 Å². The Hall–Kier alpha value is -1.94. The van der Waals surface area contributed by atoms with Crippen LogP contribution in [0.4, 0.5) is 0 Å². The van der Waals surface area contributed by atoms with Crippen molar-refractivity contribution in [2.24, 2.45) is 23.7 Å². The Labute approximate surface area is 556 Å². The average Bonchev–Trinajstić information content (AvgIpc) is 3.72. The zero-order valence-electron chi connectivity index (χ0n) is 59.5. The van der Waals surface area contributed by atoms with Crippen molar-refractivity contribution in [3.8, 4) is 0 Å². The molecule has 0 aromatic rings. The topological polar surface area (TPSA) is 237 Å². The summed E-state index contributed by atoms with van der Waals surface area (Å²) in [7, 11) is -9.90. The van der Waals surface area contributed by atoms with Crippen molar-refractivity contribution in [2.45, 2.75) is 375 Å². The van der Waals surface area contributed by atoms with Crippen LogP contribution in [-0.4, -0.2) is 96.7 Å². The van der Waals surface area contributed by atoms with Crippen molar-refractivity contribution in [3.05, 3.63) is 0 Å². The number of rotatable bonds is 69. The molecule has 0 spiro atoms. The van der Waals surface area contributed by atoms with Gasteiger partial charge in [-0.15, -0.1) is 0 Å². The SMILES string of the molecule is CCC(C)CCCCCCCCCCCCCCCCC(=O)O[C@H](COC(=O)CCCCCCCCC(C)C)COP(=O)(O)OCC(O)COP(=O)(O)OC[C@@H](COC(=O)CCCCCCCCCCC(C)C)OC(=O)CCCCCCCCCCCCC(C)C. The van der Waals surface area contributed by atoms with E-state index in [9.17, 15) is 43.2 Å². The van der Waals surface area contributed by atoms with Gasteiger partial charge in [-0.1, -0.05) is 306 Å². The predicted molar refractivity (Wildman–Crippen MR) is 367 cm³/mol. The molecule has 0 aromatic heterocycles. The second kappa shape index (κ2) is 61.6. The molecule has 0 rings (SSSR count). The van der Waals surface area contributed by atoms with Crippen molar-refractivity contribution in [3.63, 3.8) is 0 Å². The van der Waals surface area contributed by atoms with Crippen LogP contribution in [0.25, 0.3) is 0 Å². The number of carbonyl (C=O) groups excluding carboxylic acids is 4. The summed E-state index contributed by atoms with van der Waals surface area (Å²) in [5.74, 6) is 0.875. The first-order valence-corrected chi connectivity index (χ1v) is 40.2. The van der Waals surface area contributed by atoms with Crippen LogP contribution in [-0.2, 0) is 65.4 Å². The summed E-state index contributed by atoms with van der Waals surface area (Å²) < 4.78 is 68.3. The molecule has 0 radical (unpaired) electrons. The van der Waals surface area contributed by atoms with E-state index in [4.69, 9.17) is 37.0 Å². The van der Waals surface area contributed by atoms with Gasteiger partial charge in [0.05, 0.1) is 26.4 Å². The van der Waals surface area contributed by atoms with Gasteiger partial charge in [0.25, 0.3) is 0 Å². The van der Waals surface area contributed by atoms with Gasteiger partial charge in [-0.3, -0.25) is 37.3 Å². The van der Waals surface area contributed by atoms with Gasteiger partial charge in [-0.2, -0.15) is 0 Å². The Morgan fingerprint density at radius 2 is 0.527 bits per heavy atom. The van der Waals surface area contributed by atoms with Crippen LogP contribution in [0.3, 0.4) is 0 Å². The van der Waals surface area contributed by atoms with Crippen molar-refractivity contribution in [1.82, 2.24) is 0 Å². The summed E-state index contributed by atoms with van der Waals surface area (Å²) in [6.07, 6.45) is 44.6. The highest BCUT2D eigenvalue weighted by molar-refractivity contribution is 7.47. The van der Waals surface area contributed by atoms with Crippen LogP contribution in [0.5, 0.6) is 0 Å². The molecule has 19 heteroatoms. The molecule has 0 aromatic carbocycles. The minimum atomic E-state index is -4.95. The Morgan fingerprint density at radius 1 is 0.308 bits per heavy atom. The molecule has 0 saturated carbocycles. The van der Waals surface area contributed by atoms with E-state index in [1.165, 1.54) is 154 Å². The molecular weight excluding hydrogens is 1200 g/mol. The average molecular weight is 1340 g/mol. The monoisotopic (exact) mass is 1340 g/mol. The number of esters is 4. The Balaban J connectivity index is 5.22. The molecule has 0 aliphatic rings. The number of ether oxygens (including phenoxy) is 4. The van der Waals surface area contributed by atoms with Gasteiger partial charge in [0.1, 0.15) is 19.3 Å². The molecule has 17 nitrogen and oxygen atoms in total. The minimum absolute atomic E-state index is 0.105. The molecule has 91 heavy (non-hydrogen) atoms. The van der Waals surface area contributed by atoms with E-state index in [2.05, 4.69) is 55.4 Å². The Bertz CT molecular complexity index is 1800. The predicted octanol–water partition coefficient (Wildman–Crippen LogP) is 20.5. The fraction of sp³-hybridized carbons (Fsp3) is 0.944. The lowest BCUT2D eigenvalue weighted by Gasteiger charge is -2.21. The number of hydrogen-bond donors (Lipinski definition) is 3. The van der Waals surface area contributed by atoms with E-state index in [0.29, 0.717) is 31.6 Å². The quantitative estimate of drug-likeness (QED) is 0.0222. The van der Waals surface area contributed by atoms with Crippen LogP contribution in [0, 0.1) is 23.7 Å². The molecule has 0 bridgehead atoms. The molecule has 0 heterocycles. The normalized spacial score (nSPS) is 14.5. The second-order valence-electron chi connectivity index (χ2n) is 27.6. The zero-order chi connectivity index (χ0) is 67.5. The number of aliphatic hydroxyl groups excluding tert-OH is 1. The standard InChI is InChI=1S/C72H140O17P2/c1-9-65(8)51-43-35-26-19-14-12-10-11-13-15-20-28-38-46-54-71(76)89-68(59-83-70(75)53-45-37-31-30-34-42-50-64(6)7)61-87-91(80,81)85-57-66(73)56-84-90(78,79)86-60-67(58-82-69(74)52-44-36-27-23-22-25-33-41-49-63(4)5)88-72(77)55-47-39-29-21-17-16-18-24-32-40-48-62(2)3/h62-68,73H,9-61H2,1-8H3,(H,78,79)(H,80,81)/t65?,66?,67-,68-/m1/s1. The van der Waals surface area contributed by atoms with E-state index >= 15 is 0 Å². The largest absolute Gasteiger partial charge is 0.472 e. The molecule has 3 N–H and O–H groups in total. The van der Waals surface area contributed by atoms with Crippen molar-refractivity contribution < 1.29 is 80.2 Å². The van der Waals surface area contributed by atoms with Crippen molar-refractivity contribution in [2.75, 3.05) is 39.6 Å². The molecular formula is C72H140O17P2. The molecule has 540 valence electrons. The van der Waals surface area contributed by atoms with E-state index in [-0.39, 0.29) is 25.7 Å². The lowest BCUT2D eigenvalue weighted by Crippen LogP contribution is -2.30. The number of unbranched alkanes of at least 4 members (excludes halogenated alkanes) is 34. The molecule has 0 amide bonds. The van der Waals surface area contributed by atoms with Gasteiger partial charge in [0, 0.05) is 25.7 Å². The fourth-order valence-corrected chi connectivity index (χ4v) is 12.4. The summed E-state index contributed by atoms with van der Waals surface area (Å²) in [6, 6.07) is 0. The van der Waals surface area contributed by atoms with E-state index in [0.717, 1.165) is 114 Å². The van der Waals surface area contributed by atoms with Crippen LogP contribution in [0.15, 0.2) is 0 Å². The van der Waals surface area contributed by atoms with E-state index < -0.39 is 97.5 Å². The summed E-state index contributed by atoms with van der Waals surface area (Å²) in [5, 5.41) is 10.6. The van der Waals surface area contributed by atoms with Crippen LogP contribution in [0.2, 0.25) is 0 Å². The van der Waals surface area contributed by atoms with Crippen molar-refractivity contribution >= 4 is 39.5 Å². The number of hydrogen-bond acceptors (Lipinski definition) is 15. The van der Waals surface area contributed by atoms with Crippen molar-refractivity contribution in [1.29, 1.82) is 0 Å². The highest BCUT2D eigenvalue weighted by Gasteiger charge is 2.30. The maximum absolute atomic E-state index is 13.0. The second-order valence-corrected chi connectivity index (χ2v) is 30.6. The number of phosphoric acid groups is 2. The molecule has 0 saturated heterocycles. The minimum Gasteiger partial charge on any atom is -0.462 e. The smallest absolute Gasteiger partial charge is 0.462 e. The first-order valence-electron chi connectivity index (χ1n) is 37.2. The van der Waals surface area contributed by atoms with Crippen LogP contribution < -0.4 is 0 Å². The van der Waals surface area contributed by atoms with E-state index in [1.54, 1.807) is 0 Å². The number of phosphoric ester groups is 2. The molecule has 0 aliphatic heterocycles. The lowest BCUT2D eigenvalue weighted by atomic mass is 9.99. The van der Waals surface area contributed by atoms with Gasteiger partial charge in [0.15, 0.2) is 12.2 Å². The summed E-state index contributed by atoms with van der Waals surface area (Å²) in [5.41, 5.74) is 0. The maximum atomic E-state index is 13.0. The molecule has 0 fully saturated rings. The third-order valence-corrected chi connectivity index (χ3v) is 18.8. The van der Waals surface area contributed by atoms with Crippen LogP contribution in [0.1, 0.15) is 357 Å². The van der Waals surface area contributed by atoms with Crippen LogP contribution >= 0.6 is 15.6 Å². The van der Waals surface area contributed by atoms with Gasteiger partial charge in [-0.25, -0.2) is 9.13 Å². The summed E-state index contributed by atoms with van der Waals surface area (Å²) >= 11 is 0. The third-order valence-electron chi connectivity index (χ3n) is 16.9. The Kier molecular flexibility index (Phi) is 60.3. The first-order chi connectivity index (χ1) is 43.6. The lowest BCUT2D eigenvalue weighted by molar-refractivity contribution is -0.161. The summed E-state index contributed by atoms with van der Waals surface area (Å²) in [4.78, 5) is 72.6. The van der Waals surface area contributed by atoms with Gasteiger partial charge >= 0.3 is 39.5 Å². The van der Waals surface area contributed by atoms with E-state index in [1.807, 2.05) is 0 Å². The molecule has 4 unspecified atom stereocenters. The fourth-order valence-electron chi connectivity index (χ4n) is 10.8. The highest BCUT2D eigenvalue weighted by atomic mass is 31.2. The highest BCUT2D eigenvalue weighted by Crippen LogP contribution is 2.45. The molecule has 6 atom stereocenters.